The predicted octanol–water partition coefficient (Wildman–Crippen LogP) is 7.67. The molecule has 0 aliphatic carbocycles. The van der Waals surface area contributed by atoms with E-state index in [1.807, 2.05) is 72.8 Å². The van der Waals surface area contributed by atoms with Crippen molar-refractivity contribution in [3.8, 4) is 0 Å². The monoisotopic (exact) mass is 461 g/mol. The molecule has 1 aromatic heterocycles. The first kappa shape index (κ1) is 22.1. The number of alkyl halides is 1. The van der Waals surface area contributed by atoms with Crippen LogP contribution in [0.1, 0.15) is 44.5 Å². The van der Waals surface area contributed by atoms with E-state index in [-0.39, 0.29) is 5.38 Å². The van der Waals surface area contributed by atoms with Crippen LogP contribution >= 0.6 is 23.2 Å². The quantitative estimate of drug-likeness (QED) is 0.287. The van der Waals surface area contributed by atoms with Gasteiger partial charge >= 0.3 is 5.97 Å². The van der Waals surface area contributed by atoms with Gasteiger partial charge in [0.2, 0.25) is 0 Å². The number of hydrogen-bond acceptors (Lipinski definition) is 2. The highest BCUT2D eigenvalue weighted by Gasteiger charge is 2.13. The third kappa shape index (κ3) is 5.37. The largest absolute Gasteiger partial charge is 0.478 e. The first-order valence-electron chi connectivity index (χ1n) is 10.3. The van der Waals surface area contributed by atoms with Gasteiger partial charge in [-0.15, -0.1) is 11.6 Å². The van der Waals surface area contributed by atoms with Crippen LogP contribution in [0, 0.1) is 0 Å². The number of rotatable bonds is 7. The fourth-order valence-corrected chi connectivity index (χ4v) is 4.05. The highest BCUT2D eigenvalue weighted by Crippen LogP contribution is 2.28. The number of pyridine rings is 1. The number of halogens is 2. The topological polar surface area (TPSA) is 50.2 Å². The molecule has 1 atom stereocenters. The molecule has 3 nitrogen and oxygen atoms in total. The molecule has 0 amide bonds. The number of nitrogens with zero attached hydrogens (tertiary/aromatic N) is 1. The molecular formula is C27H21Cl2NO2. The number of benzene rings is 3. The molecule has 0 aliphatic rings. The average molecular weight is 462 g/mol. The Morgan fingerprint density at radius 2 is 1.78 bits per heavy atom. The summed E-state index contributed by atoms with van der Waals surface area (Å²) in [7, 11) is 0. The fraction of sp³-hybridized carbons (Fsp3) is 0.111. The van der Waals surface area contributed by atoms with Gasteiger partial charge in [-0.05, 0) is 59.9 Å². The Morgan fingerprint density at radius 1 is 0.969 bits per heavy atom. The van der Waals surface area contributed by atoms with Crippen molar-refractivity contribution in [2.75, 3.05) is 0 Å². The molecule has 0 radical (unpaired) electrons. The minimum absolute atomic E-state index is 0.217. The molecule has 5 heteroatoms. The summed E-state index contributed by atoms with van der Waals surface area (Å²) in [6.45, 7) is 0. The number of carbonyl (C=O) groups is 1. The van der Waals surface area contributed by atoms with Gasteiger partial charge in [0, 0.05) is 10.4 Å². The fourth-order valence-electron chi connectivity index (χ4n) is 3.63. The van der Waals surface area contributed by atoms with Crippen molar-refractivity contribution in [3.05, 3.63) is 112 Å². The van der Waals surface area contributed by atoms with Gasteiger partial charge in [0.05, 0.1) is 22.2 Å². The van der Waals surface area contributed by atoms with E-state index in [0.29, 0.717) is 23.4 Å². The molecule has 0 fully saturated rings. The van der Waals surface area contributed by atoms with Crippen LogP contribution in [-0.2, 0) is 6.42 Å². The minimum atomic E-state index is -0.913. The normalized spacial score (nSPS) is 12.3. The molecule has 1 unspecified atom stereocenters. The molecule has 0 aliphatic heterocycles. The van der Waals surface area contributed by atoms with E-state index in [9.17, 15) is 9.90 Å². The minimum Gasteiger partial charge on any atom is -0.478 e. The zero-order valence-electron chi connectivity index (χ0n) is 17.2. The lowest BCUT2D eigenvalue weighted by Gasteiger charge is -2.12. The van der Waals surface area contributed by atoms with Crippen LogP contribution in [-0.4, -0.2) is 16.1 Å². The highest BCUT2D eigenvalue weighted by atomic mass is 35.5. The Morgan fingerprint density at radius 3 is 2.62 bits per heavy atom. The molecule has 1 heterocycles. The molecular weight excluding hydrogens is 441 g/mol. The van der Waals surface area contributed by atoms with Gasteiger partial charge in [-0.2, -0.15) is 0 Å². The van der Waals surface area contributed by atoms with Crippen molar-refractivity contribution >= 4 is 52.2 Å². The van der Waals surface area contributed by atoms with Crippen molar-refractivity contribution in [3.63, 3.8) is 0 Å². The Kier molecular flexibility index (Phi) is 6.89. The average Bonchev–Trinajstić information content (AvgIpc) is 2.81. The van der Waals surface area contributed by atoms with Crippen molar-refractivity contribution in [2.24, 2.45) is 0 Å². The zero-order valence-corrected chi connectivity index (χ0v) is 18.7. The van der Waals surface area contributed by atoms with Gasteiger partial charge in [-0.25, -0.2) is 9.78 Å². The molecule has 0 saturated heterocycles. The maximum atomic E-state index is 11.4. The van der Waals surface area contributed by atoms with Crippen LogP contribution in [0.4, 0.5) is 0 Å². The van der Waals surface area contributed by atoms with Crippen molar-refractivity contribution in [1.29, 1.82) is 0 Å². The summed E-state index contributed by atoms with van der Waals surface area (Å²) in [5.74, 6) is -0.913. The SMILES string of the molecule is O=C(O)c1ccccc1CCC(Cl)c1cccc(/C=C/c2ccc3ccc(Cl)cc3n2)c1. The number of hydrogen-bond donors (Lipinski definition) is 1. The molecule has 0 bridgehead atoms. The van der Waals surface area contributed by atoms with E-state index in [0.717, 1.165) is 33.3 Å². The summed E-state index contributed by atoms with van der Waals surface area (Å²) in [6, 6.07) is 24.8. The molecule has 0 spiro atoms. The van der Waals surface area contributed by atoms with E-state index < -0.39 is 5.97 Å². The summed E-state index contributed by atoms with van der Waals surface area (Å²) in [6.07, 6.45) is 5.21. The van der Waals surface area contributed by atoms with E-state index in [4.69, 9.17) is 23.2 Å². The second kappa shape index (κ2) is 9.99. The van der Waals surface area contributed by atoms with Gasteiger partial charge in [0.15, 0.2) is 0 Å². The van der Waals surface area contributed by atoms with Crippen molar-refractivity contribution < 1.29 is 9.90 Å². The molecule has 0 saturated carbocycles. The first-order valence-corrected chi connectivity index (χ1v) is 11.1. The van der Waals surface area contributed by atoms with Crippen LogP contribution < -0.4 is 0 Å². The summed E-state index contributed by atoms with van der Waals surface area (Å²) >= 11 is 12.7. The summed E-state index contributed by atoms with van der Waals surface area (Å²) < 4.78 is 0. The van der Waals surface area contributed by atoms with Crippen LogP contribution in [0.15, 0.2) is 78.9 Å². The molecule has 4 rings (SSSR count). The van der Waals surface area contributed by atoms with E-state index in [2.05, 4.69) is 11.1 Å². The second-order valence-corrected chi connectivity index (χ2v) is 8.51. The maximum Gasteiger partial charge on any atom is 0.335 e. The number of carboxylic acids is 1. The number of aromatic carboxylic acids is 1. The van der Waals surface area contributed by atoms with Gasteiger partial charge in [-0.3, -0.25) is 0 Å². The smallest absolute Gasteiger partial charge is 0.335 e. The third-order valence-corrected chi connectivity index (χ3v) is 6.01. The zero-order chi connectivity index (χ0) is 22.5. The Bertz CT molecular complexity index is 1300. The lowest BCUT2D eigenvalue weighted by Crippen LogP contribution is -2.03. The Hall–Kier alpha value is -3.14. The van der Waals surface area contributed by atoms with Gasteiger partial charge in [0.1, 0.15) is 0 Å². The molecule has 1 N–H and O–H groups in total. The molecule has 160 valence electrons. The predicted molar refractivity (Wildman–Crippen MR) is 132 cm³/mol. The lowest BCUT2D eigenvalue weighted by molar-refractivity contribution is 0.0695. The van der Waals surface area contributed by atoms with Gasteiger partial charge in [0.25, 0.3) is 0 Å². The van der Waals surface area contributed by atoms with Crippen LogP contribution in [0.2, 0.25) is 5.02 Å². The maximum absolute atomic E-state index is 11.4. The van der Waals surface area contributed by atoms with Crippen molar-refractivity contribution in [1.82, 2.24) is 4.98 Å². The first-order chi connectivity index (χ1) is 15.5. The Labute approximate surface area is 197 Å². The number of carboxylic acid groups (broad SMARTS) is 1. The van der Waals surface area contributed by atoms with Gasteiger partial charge < -0.3 is 5.11 Å². The van der Waals surface area contributed by atoms with Crippen LogP contribution in [0.5, 0.6) is 0 Å². The number of fused-ring (bicyclic) bond motifs is 1. The summed E-state index contributed by atoms with van der Waals surface area (Å²) in [5.41, 5.74) is 4.85. The van der Waals surface area contributed by atoms with Crippen LogP contribution in [0.3, 0.4) is 0 Å². The lowest BCUT2D eigenvalue weighted by atomic mass is 9.98. The second-order valence-electron chi connectivity index (χ2n) is 7.55. The van der Waals surface area contributed by atoms with E-state index >= 15 is 0 Å². The number of aromatic nitrogens is 1. The molecule has 4 aromatic rings. The summed E-state index contributed by atoms with van der Waals surface area (Å²) in [4.78, 5) is 16.1. The highest BCUT2D eigenvalue weighted by molar-refractivity contribution is 6.31. The third-order valence-electron chi connectivity index (χ3n) is 5.31. The molecule has 32 heavy (non-hydrogen) atoms. The van der Waals surface area contributed by atoms with Crippen molar-refractivity contribution in [2.45, 2.75) is 18.2 Å². The Balaban J connectivity index is 1.47. The number of aryl methyl sites for hydroxylation is 1. The summed E-state index contributed by atoms with van der Waals surface area (Å²) in [5, 5.41) is 10.8. The van der Waals surface area contributed by atoms with Crippen LogP contribution in [0.25, 0.3) is 23.1 Å². The molecule has 3 aromatic carbocycles. The van der Waals surface area contributed by atoms with E-state index in [1.54, 1.807) is 12.1 Å². The van der Waals surface area contributed by atoms with Gasteiger partial charge in [-0.1, -0.05) is 72.3 Å². The standard InChI is InChI=1S/C27H21Cl2NO2/c28-22-12-9-20-10-14-23(30-26(20)17-22)13-8-18-4-3-6-21(16-18)25(29)15-11-19-5-1-2-7-24(19)27(31)32/h1-10,12-14,16-17,25H,11,15H2,(H,31,32)/b13-8+. The van der Waals surface area contributed by atoms with E-state index in [1.165, 1.54) is 0 Å².